The lowest BCUT2D eigenvalue weighted by atomic mass is 10.1. The molecule has 2 amide bonds. The number of thiocarbonyl (C=S) groups is 1. The van der Waals surface area contributed by atoms with Gasteiger partial charge in [0.2, 0.25) is 5.91 Å². The zero-order chi connectivity index (χ0) is 23.5. The second-order valence-electron chi connectivity index (χ2n) is 7.17. The highest BCUT2D eigenvalue weighted by atomic mass is 79.9. The van der Waals surface area contributed by atoms with Crippen molar-refractivity contribution in [1.82, 2.24) is 16.2 Å². The van der Waals surface area contributed by atoms with Crippen molar-refractivity contribution in [1.29, 1.82) is 0 Å². The van der Waals surface area contributed by atoms with Crippen LogP contribution in [0.5, 0.6) is 5.75 Å². The van der Waals surface area contributed by atoms with E-state index in [9.17, 15) is 9.59 Å². The van der Waals surface area contributed by atoms with Crippen molar-refractivity contribution in [3.63, 3.8) is 0 Å². The van der Waals surface area contributed by atoms with Crippen LogP contribution in [-0.4, -0.2) is 23.5 Å². The monoisotopic (exact) mass is 525 g/mol. The Morgan fingerprint density at radius 1 is 0.848 bits per heavy atom. The molecule has 170 valence electrons. The quantitative estimate of drug-likeness (QED) is 0.301. The summed E-state index contributed by atoms with van der Waals surface area (Å²) in [4.78, 5) is 24.4. The Labute approximate surface area is 206 Å². The Balaban J connectivity index is 1.41. The van der Waals surface area contributed by atoms with Crippen LogP contribution in [0.4, 0.5) is 0 Å². The molecular formula is C25H24BrN3O3S. The molecule has 0 unspecified atom stereocenters. The zero-order valence-electron chi connectivity index (χ0n) is 17.8. The van der Waals surface area contributed by atoms with Crippen LogP contribution in [0.1, 0.15) is 27.9 Å². The van der Waals surface area contributed by atoms with Gasteiger partial charge in [0.05, 0.1) is 11.1 Å². The molecule has 0 spiro atoms. The first-order valence-corrected chi connectivity index (χ1v) is 11.6. The minimum Gasteiger partial charge on any atom is -0.492 e. The SMILES string of the molecule is O=C(CCc1ccccc1)NNC(=S)NC(=O)c1ccc(OCCc2ccccc2)c(Br)c1. The summed E-state index contributed by atoms with van der Waals surface area (Å²) in [6.07, 6.45) is 1.69. The van der Waals surface area contributed by atoms with E-state index >= 15 is 0 Å². The fourth-order valence-electron chi connectivity index (χ4n) is 2.98. The van der Waals surface area contributed by atoms with Crippen LogP contribution in [0.25, 0.3) is 0 Å². The van der Waals surface area contributed by atoms with Crippen LogP contribution < -0.4 is 20.9 Å². The van der Waals surface area contributed by atoms with Gasteiger partial charge >= 0.3 is 0 Å². The van der Waals surface area contributed by atoms with E-state index in [-0.39, 0.29) is 11.0 Å². The minimum absolute atomic E-state index is 0.00683. The molecule has 0 aliphatic rings. The van der Waals surface area contributed by atoms with Crippen molar-refractivity contribution in [2.24, 2.45) is 0 Å². The lowest BCUT2D eigenvalue weighted by molar-refractivity contribution is -0.121. The highest BCUT2D eigenvalue weighted by Crippen LogP contribution is 2.26. The fourth-order valence-corrected chi connectivity index (χ4v) is 3.62. The predicted octanol–water partition coefficient (Wildman–Crippen LogP) is 4.34. The Morgan fingerprint density at radius 2 is 1.48 bits per heavy atom. The third-order valence-corrected chi connectivity index (χ3v) is 5.54. The number of hydrogen-bond acceptors (Lipinski definition) is 4. The summed E-state index contributed by atoms with van der Waals surface area (Å²) < 4.78 is 6.48. The van der Waals surface area contributed by atoms with E-state index in [1.165, 1.54) is 5.56 Å². The molecular weight excluding hydrogens is 502 g/mol. The van der Waals surface area contributed by atoms with Gasteiger partial charge in [-0.1, -0.05) is 60.7 Å². The Hall–Kier alpha value is -3.23. The zero-order valence-corrected chi connectivity index (χ0v) is 20.2. The summed E-state index contributed by atoms with van der Waals surface area (Å²) in [5.41, 5.74) is 7.71. The smallest absolute Gasteiger partial charge is 0.257 e. The summed E-state index contributed by atoms with van der Waals surface area (Å²) in [5.74, 6) is 0.0200. The van der Waals surface area contributed by atoms with Gasteiger partial charge in [-0.05, 0) is 63.9 Å². The van der Waals surface area contributed by atoms with E-state index in [4.69, 9.17) is 17.0 Å². The number of carbonyl (C=O) groups excluding carboxylic acids is 2. The van der Waals surface area contributed by atoms with Gasteiger partial charge in [0, 0.05) is 18.4 Å². The van der Waals surface area contributed by atoms with Crippen molar-refractivity contribution in [3.05, 3.63) is 100 Å². The summed E-state index contributed by atoms with van der Waals surface area (Å²) in [6, 6.07) is 24.8. The average Bonchev–Trinajstić information content (AvgIpc) is 2.83. The first-order chi connectivity index (χ1) is 16.0. The van der Waals surface area contributed by atoms with Gasteiger partial charge < -0.3 is 4.74 Å². The molecule has 0 saturated carbocycles. The summed E-state index contributed by atoms with van der Waals surface area (Å²) in [6.45, 7) is 0.520. The Morgan fingerprint density at radius 3 is 2.12 bits per heavy atom. The summed E-state index contributed by atoms with van der Waals surface area (Å²) in [7, 11) is 0. The van der Waals surface area contributed by atoms with Crippen LogP contribution in [0.3, 0.4) is 0 Å². The number of hydrogen-bond donors (Lipinski definition) is 3. The van der Waals surface area contributed by atoms with Gasteiger partial charge in [-0.3, -0.25) is 25.8 Å². The molecule has 0 fully saturated rings. The van der Waals surface area contributed by atoms with Gasteiger partial charge in [0.15, 0.2) is 5.11 Å². The van der Waals surface area contributed by atoms with E-state index in [1.54, 1.807) is 18.2 Å². The number of amides is 2. The maximum atomic E-state index is 12.5. The van der Waals surface area contributed by atoms with Gasteiger partial charge in [0.25, 0.3) is 5.91 Å². The molecule has 0 atom stereocenters. The molecule has 6 nitrogen and oxygen atoms in total. The number of hydrazine groups is 1. The summed E-state index contributed by atoms with van der Waals surface area (Å²) in [5, 5.41) is 2.55. The number of benzene rings is 3. The van der Waals surface area contributed by atoms with Gasteiger partial charge in [-0.15, -0.1) is 0 Å². The second-order valence-corrected chi connectivity index (χ2v) is 8.43. The van der Waals surface area contributed by atoms with Gasteiger partial charge in [0.1, 0.15) is 5.75 Å². The van der Waals surface area contributed by atoms with Crippen molar-refractivity contribution in [2.45, 2.75) is 19.3 Å². The largest absolute Gasteiger partial charge is 0.492 e. The fraction of sp³-hybridized carbons (Fsp3) is 0.160. The normalized spacial score (nSPS) is 10.2. The van der Waals surface area contributed by atoms with Crippen LogP contribution in [-0.2, 0) is 17.6 Å². The van der Waals surface area contributed by atoms with E-state index in [0.29, 0.717) is 35.2 Å². The van der Waals surface area contributed by atoms with E-state index < -0.39 is 5.91 Å². The van der Waals surface area contributed by atoms with Crippen LogP contribution >= 0.6 is 28.1 Å². The number of rotatable bonds is 8. The molecule has 3 aromatic carbocycles. The minimum atomic E-state index is -0.400. The molecule has 3 aromatic rings. The maximum Gasteiger partial charge on any atom is 0.257 e. The third-order valence-electron chi connectivity index (χ3n) is 4.71. The lowest BCUT2D eigenvalue weighted by Crippen LogP contribution is -2.48. The van der Waals surface area contributed by atoms with E-state index in [2.05, 4.69) is 44.2 Å². The molecule has 0 aliphatic heterocycles. The van der Waals surface area contributed by atoms with E-state index in [1.807, 2.05) is 48.5 Å². The predicted molar refractivity (Wildman–Crippen MR) is 136 cm³/mol. The third kappa shape index (κ3) is 8.32. The number of nitrogens with one attached hydrogen (secondary N) is 3. The number of ether oxygens (including phenoxy) is 1. The van der Waals surface area contributed by atoms with Crippen LogP contribution in [0.15, 0.2) is 83.3 Å². The molecule has 33 heavy (non-hydrogen) atoms. The van der Waals surface area contributed by atoms with Crippen molar-refractivity contribution in [2.75, 3.05) is 6.61 Å². The molecule has 0 aromatic heterocycles. The highest BCUT2D eigenvalue weighted by Gasteiger charge is 2.12. The van der Waals surface area contributed by atoms with Crippen LogP contribution in [0.2, 0.25) is 0 Å². The Kier molecular flexibility index (Phi) is 9.41. The molecule has 3 N–H and O–H groups in total. The molecule has 0 heterocycles. The highest BCUT2D eigenvalue weighted by molar-refractivity contribution is 9.10. The number of carbonyl (C=O) groups is 2. The molecule has 0 aliphatic carbocycles. The molecule has 8 heteroatoms. The van der Waals surface area contributed by atoms with Crippen molar-refractivity contribution in [3.8, 4) is 5.75 Å². The number of halogens is 1. The Bertz CT molecular complexity index is 1090. The maximum absolute atomic E-state index is 12.5. The average molecular weight is 526 g/mol. The van der Waals surface area contributed by atoms with E-state index in [0.717, 1.165) is 12.0 Å². The van der Waals surface area contributed by atoms with Crippen molar-refractivity contribution >= 4 is 45.1 Å². The van der Waals surface area contributed by atoms with Crippen LogP contribution in [0, 0.1) is 0 Å². The number of aryl methyl sites for hydroxylation is 1. The summed E-state index contributed by atoms with van der Waals surface area (Å²) >= 11 is 8.54. The molecule has 0 bridgehead atoms. The standard InChI is InChI=1S/C25H24BrN3O3S/c26-21-17-20(12-13-22(21)32-16-15-19-9-5-2-6-10-19)24(31)27-25(33)29-28-23(30)14-11-18-7-3-1-4-8-18/h1-10,12-13,17H,11,14-16H2,(H,28,30)(H2,27,29,31,33). The van der Waals surface area contributed by atoms with Crippen molar-refractivity contribution < 1.29 is 14.3 Å². The lowest BCUT2D eigenvalue weighted by Gasteiger charge is -2.12. The molecule has 0 radical (unpaired) electrons. The van der Waals surface area contributed by atoms with Gasteiger partial charge in [-0.2, -0.15) is 0 Å². The first kappa shape index (κ1) is 24.4. The topological polar surface area (TPSA) is 79.5 Å². The first-order valence-electron chi connectivity index (χ1n) is 10.4. The van der Waals surface area contributed by atoms with Gasteiger partial charge in [-0.25, -0.2) is 0 Å². The molecule has 0 saturated heterocycles. The molecule has 3 rings (SSSR count). The second kappa shape index (κ2) is 12.7.